The number of fused-ring (bicyclic) bond motifs is 1. The number of rotatable bonds is 0. The zero-order valence-corrected chi connectivity index (χ0v) is 8.26. The van der Waals surface area contributed by atoms with Crippen molar-refractivity contribution in [3.05, 3.63) is 24.3 Å². The standard InChI is InChI=1S/C6H6O2.ClH.Sb/c7-5-3-1-2-4-6(5)8;;/h1-4,7-8H;1H;/q;;+3/p-3. The van der Waals surface area contributed by atoms with Crippen molar-refractivity contribution >= 4 is 28.7 Å². The van der Waals surface area contributed by atoms with Gasteiger partial charge in [-0.1, -0.05) is 0 Å². The average molecular weight is 265 g/mol. The molecule has 1 aliphatic rings. The van der Waals surface area contributed by atoms with E-state index in [1.54, 1.807) is 0 Å². The summed E-state index contributed by atoms with van der Waals surface area (Å²) in [5.41, 5.74) is 0. The van der Waals surface area contributed by atoms with E-state index < -0.39 is 19.9 Å². The summed E-state index contributed by atoms with van der Waals surface area (Å²) in [7, 11) is 5.72. The van der Waals surface area contributed by atoms with Crippen molar-refractivity contribution in [2.45, 2.75) is 0 Å². The van der Waals surface area contributed by atoms with Crippen LogP contribution in [0.2, 0.25) is 0 Å². The van der Waals surface area contributed by atoms with Gasteiger partial charge >= 0.3 is 70.5 Å². The first-order chi connectivity index (χ1) is 4.86. The van der Waals surface area contributed by atoms with Crippen LogP contribution in [-0.2, 0) is 0 Å². The molecule has 52 valence electrons. The molecule has 0 aromatic heterocycles. The predicted octanol–water partition coefficient (Wildman–Crippen LogP) is 1.68. The maximum absolute atomic E-state index is 5.72. The van der Waals surface area contributed by atoms with E-state index in [9.17, 15) is 0 Å². The van der Waals surface area contributed by atoms with Crippen LogP contribution in [0.25, 0.3) is 0 Å². The van der Waals surface area contributed by atoms with Gasteiger partial charge in [-0.2, -0.15) is 0 Å². The number of benzene rings is 1. The molecule has 0 saturated heterocycles. The molecule has 0 saturated carbocycles. The first kappa shape index (κ1) is 6.63. The Labute approximate surface area is 70.5 Å². The van der Waals surface area contributed by atoms with Crippen molar-refractivity contribution in [1.82, 2.24) is 0 Å². The van der Waals surface area contributed by atoms with Gasteiger partial charge in [0.15, 0.2) is 0 Å². The van der Waals surface area contributed by atoms with E-state index in [0.717, 1.165) is 11.5 Å². The quantitative estimate of drug-likeness (QED) is 0.665. The second-order valence-electron chi connectivity index (χ2n) is 1.84. The van der Waals surface area contributed by atoms with Crippen molar-refractivity contribution in [3.63, 3.8) is 0 Å². The minimum absolute atomic E-state index is 0.792. The fourth-order valence-electron chi connectivity index (χ4n) is 0.774. The van der Waals surface area contributed by atoms with E-state index in [4.69, 9.17) is 14.9 Å². The second kappa shape index (κ2) is 2.52. The molecule has 1 aliphatic heterocycles. The molecule has 0 spiro atoms. The number of hydrogen-bond acceptors (Lipinski definition) is 2. The Morgan fingerprint density at radius 3 is 2.10 bits per heavy atom. The van der Waals surface area contributed by atoms with Crippen molar-refractivity contribution in [2.75, 3.05) is 0 Å². The molecule has 0 aliphatic carbocycles. The summed E-state index contributed by atoms with van der Waals surface area (Å²) >= 11 is -2.25. The first-order valence-corrected chi connectivity index (χ1v) is 8.09. The van der Waals surface area contributed by atoms with Crippen molar-refractivity contribution in [1.29, 1.82) is 0 Å². The van der Waals surface area contributed by atoms with Gasteiger partial charge in [-0.3, -0.25) is 0 Å². The molecule has 0 unspecified atom stereocenters. The summed E-state index contributed by atoms with van der Waals surface area (Å²) in [5, 5.41) is 0. The van der Waals surface area contributed by atoms with Gasteiger partial charge in [-0.05, 0) is 0 Å². The Balaban J connectivity index is 2.42. The van der Waals surface area contributed by atoms with E-state index in [-0.39, 0.29) is 0 Å². The Kier molecular flexibility index (Phi) is 1.67. The molecule has 0 radical (unpaired) electrons. The zero-order valence-electron chi connectivity index (χ0n) is 4.95. The van der Waals surface area contributed by atoms with Gasteiger partial charge in [-0.15, -0.1) is 0 Å². The second-order valence-corrected chi connectivity index (χ2v) is 5.95. The Bertz CT molecular complexity index is 228. The summed E-state index contributed by atoms with van der Waals surface area (Å²) in [6.07, 6.45) is 0. The topological polar surface area (TPSA) is 18.5 Å². The number of para-hydroxylation sites is 2. The summed E-state index contributed by atoms with van der Waals surface area (Å²) in [4.78, 5) is 0. The van der Waals surface area contributed by atoms with Crippen LogP contribution in [0.1, 0.15) is 0 Å². The molecular weight excluding hydrogens is 261 g/mol. The molecular formula is C6H4ClO2Sb. The van der Waals surface area contributed by atoms with Crippen LogP contribution in [0.15, 0.2) is 24.3 Å². The van der Waals surface area contributed by atoms with Crippen LogP contribution in [0.3, 0.4) is 0 Å². The maximum atomic E-state index is 5.72. The molecule has 1 aromatic rings. The van der Waals surface area contributed by atoms with Gasteiger partial charge in [0.1, 0.15) is 0 Å². The fourth-order valence-corrected chi connectivity index (χ4v) is 3.62. The number of hydrogen-bond donors (Lipinski definition) is 0. The monoisotopic (exact) mass is 264 g/mol. The summed E-state index contributed by atoms with van der Waals surface area (Å²) in [6.45, 7) is 0. The molecule has 1 heterocycles. The van der Waals surface area contributed by atoms with Gasteiger partial charge in [0.25, 0.3) is 0 Å². The average Bonchev–Trinajstić information content (AvgIpc) is 2.27. The molecule has 0 bridgehead atoms. The van der Waals surface area contributed by atoms with E-state index in [0.29, 0.717) is 0 Å². The van der Waals surface area contributed by atoms with Crippen molar-refractivity contribution in [3.8, 4) is 11.5 Å². The van der Waals surface area contributed by atoms with E-state index in [2.05, 4.69) is 0 Å². The van der Waals surface area contributed by atoms with Crippen LogP contribution in [0.4, 0.5) is 0 Å². The van der Waals surface area contributed by atoms with Gasteiger partial charge in [0.05, 0.1) is 0 Å². The molecule has 2 nitrogen and oxygen atoms in total. The molecule has 1 aromatic carbocycles. The van der Waals surface area contributed by atoms with Crippen LogP contribution < -0.4 is 6.03 Å². The fraction of sp³-hybridized carbons (Fsp3) is 0. The third-order valence-electron chi connectivity index (χ3n) is 1.19. The zero-order chi connectivity index (χ0) is 6.97. The van der Waals surface area contributed by atoms with Crippen LogP contribution >= 0.6 is 8.83 Å². The number of halogens is 1. The van der Waals surface area contributed by atoms with E-state index >= 15 is 0 Å². The van der Waals surface area contributed by atoms with E-state index in [1.165, 1.54) is 0 Å². The third kappa shape index (κ3) is 1.06. The van der Waals surface area contributed by atoms with Gasteiger partial charge in [0, 0.05) is 0 Å². The van der Waals surface area contributed by atoms with Crippen molar-refractivity contribution < 1.29 is 6.03 Å². The Hall–Kier alpha value is -0.0718. The summed E-state index contributed by atoms with van der Waals surface area (Å²) < 4.78 is 10.5. The molecule has 0 amide bonds. The SMILES string of the molecule is [Cl][Sb]1[O]c2ccccc2[O]1. The molecule has 0 atom stereocenters. The molecule has 0 fully saturated rings. The molecule has 4 heteroatoms. The third-order valence-corrected chi connectivity index (χ3v) is 4.06. The van der Waals surface area contributed by atoms with Crippen LogP contribution in [-0.4, -0.2) is 19.9 Å². The molecule has 10 heavy (non-hydrogen) atoms. The predicted molar refractivity (Wildman–Crippen MR) is 39.3 cm³/mol. The molecule has 0 N–H and O–H groups in total. The van der Waals surface area contributed by atoms with Gasteiger partial charge in [0.2, 0.25) is 0 Å². The molecule has 2 rings (SSSR count). The van der Waals surface area contributed by atoms with E-state index in [1.807, 2.05) is 24.3 Å². The van der Waals surface area contributed by atoms with Crippen molar-refractivity contribution in [2.24, 2.45) is 0 Å². The normalized spacial score (nSPS) is 15.7. The first-order valence-electron chi connectivity index (χ1n) is 2.77. The van der Waals surface area contributed by atoms with Crippen LogP contribution in [0.5, 0.6) is 11.5 Å². The Morgan fingerprint density at radius 1 is 1.10 bits per heavy atom. The Morgan fingerprint density at radius 2 is 1.60 bits per heavy atom. The van der Waals surface area contributed by atoms with Gasteiger partial charge < -0.3 is 0 Å². The summed E-state index contributed by atoms with van der Waals surface area (Å²) in [5.74, 6) is 1.58. The van der Waals surface area contributed by atoms with Gasteiger partial charge in [-0.25, -0.2) is 0 Å². The summed E-state index contributed by atoms with van der Waals surface area (Å²) in [6, 6.07) is 7.53. The minimum atomic E-state index is -2.25. The van der Waals surface area contributed by atoms with Crippen LogP contribution in [0, 0.1) is 0 Å².